The van der Waals surface area contributed by atoms with Crippen LogP contribution in [0.3, 0.4) is 0 Å². The van der Waals surface area contributed by atoms with Gasteiger partial charge in [0.15, 0.2) is 0 Å². The van der Waals surface area contributed by atoms with Crippen molar-refractivity contribution in [3.63, 3.8) is 0 Å². The number of carbonyl (C=O) groups excluding carboxylic acids is 2. The van der Waals surface area contributed by atoms with Crippen LogP contribution >= 0.6 is 0 Å². The predicted octanol–water partition coefficient (Wildman–Crippen LogP) is 3.12. The molecule has 2 aromatic rings. The van der Waals surface area contributed by atoms with E-state index < -0.39 is 11.9 Å². The topological polar surface area (TPSA) is 61.8 Å². The molecule has 120 valence electrons. The standard InChI is InChI=1S/C18H18O5/c1-12(2)17(19)22-8-9-23-18(20)15-5-4-14-11-16(21-3)7-6-13(14)10-15/h4-7,10-11H,1,8-9H2,2-3H3. The SMILES string of the molecule is C=C(C)C(=O)OCCOC(=O)c1ccc2cc(OC)ccc2c1. The molecular weight excluding hydrogens is 296 g/mol. The minimum absolute atomic E-state index is 0.00149. The number of methoxy groups -OCH3 is 1. The van der Waals surface area contributed by atoms with Gasteiger partial charge in [0, 0.05) is 5.57 Å². The molecule has 0 aromatic heterocycles. The molecular formula is C18H18O5. The molecule has 2 aromatic carbocycles. The summed E-state index contributed by atoms with van der Waals surface area (Å²) in [4.78, 5) is 23.2. The van der Waals surface area contributed by atoms with Crippen molar-refractivity contribution in [1.29, 1.82) is 0 Å². The number of hydrogen-bond acceptors (Lipinski definition) is 5. The lowest BCUT2D eigenvalue weighted by Gasteiger charge is -2.07. The fourth-order valence-electron chi connectivity index (χ4n) is 1.95. The fourth-order valence-corrected chi connectivity index (χ4v) is 1.95. The number of carbonyl (C=O) groups is 2. The van der Waals surface area contributed by atoms with E-state index in [1.54, 1.807) is 26.2 Å². The second kappa shape index (κ2) is 7.45. The van der Waals surface area contributed by atoms with E-state index in [1.807, 2.05) is 24.3 Å². The van der Waals surface area contributed by atoms with Crippen LogP contribution in [0.25, 0.3) is 10.8 Å². The molecule has 0 saturated heterocycles. The first-order chi connectivity index (χ1) is 11.0. The minimum atomic E-state index is -0.499. The van der Waals surface area contributed by atoms with Crippen LogP contribution in [0.4, 0.5) is 0 Å². The van der Waals surface area contributed by atoms with Crippen molar-refractivity contribution in [3.05, 3.63) is 54.1 Å². The van der Waals surface area contributed by atoms with Crippen molar-refractivity contribution in [2.75, 3.05) is 20.3 Å². The Bertz CT molecular complexity index is 748. The minimum Gasteiger partial charge on any atom is -0.497 e. The summed E-state index contributed by atoms with van der Waals surface area (Å²) in [5.74, 6) is -0.207. The first kappa shape index (κ1) is 16.5. The van der Waals surface area contributed by atoms with Gasteiger partial charge in [-0.1, -0.05) is 18.7 Å². The van der Waals surface area contributed by atoms with Gasteiger partial charge in [0.25, 0.3) is 0 Å². The highest BCUT2D eigenvalue weighted by atomic mass is 16.6. The largest absolute Gasteiger partial charge is 0.497 e. The number of esters is 2. The highest BCUT2D eigenvalue weighted by Crippen LogP contribution is 2.22. The summed E-state index contributed by atoms with van der Waals surface area (Å²) in [5.41, 5.74) is 0.746. The van der Waals surface area contributed by atoms with E-state index in [1.165, 1.54) is 0 Å². The van der Waals surface area contributed by atoms with E-state index in [0.29, 0.717) is 11.1 Å². The van der Waals surface area contributed by atoms with E-state index in [-0.39, 0.29) is 13.2 Å². The molecule has 0 aliphatic carbocycles. The molecule has 2 rings (SSSR count). The lowest BCUT2D eigenvalue weighted by atomic mass is 10.1. The molecule has 0 radical (unpaired) electrons. The van der Waals surface area contributed by atoms with E-state index in [9.17, 15) is 9.59 Å². The van der Waals surface area contributed by atoms with E-state index in [0.717, 1.165) is 16.5 Å². The number of rotatable bonds is 6. The number of benzene rings is 2. The zero-order valence-corrected chi connectivity index (χ0v) is 13.1. The molecule has 0 spiro atoms. The van der Waals surface area contributed by atoms with Gasteiger partial charge in [-0.15, -0.1) is 0 Å². The number of ether oxygens (including phenoxy) is 3. The molecule has 0 bridgehead atoms. The Labute approximate surface area is 134 Å². The van der Waals surface area contributed by atoms with Gasteiger partial charge in [0.05, 0.1) is 12.7 Å². The summed E-state index contributed by atoms with van der Waals surface area (Å²) in [5, 5.41) is 1.88. The van der Waals surface area contributed by atoms with Gasteiger partial charge in [0.1, 0.15) is 19.0 Å². The monoisotopic (exact) mass is 314 g/mol. The van der Waals surface area contributed by atoms with Gasteiger partial charge in [-0.2, -0.15) is 0 Å². The third-order valence-electron chi connectivity index (χ3n) is 3.18. The van der Waals surface area contributed by atoms with Gasteiger partial charge in [-0.05, 0) is 42.0 Å². The van der Waals surface area contributed by atoms with E-state index in [4.69, 9.17) is 14.2 Å². The Hall–Kier alpha value is -2.82. The molecule has 5 nitrogen and oxygen atoms in total. The van der Waals surface area contributed by atoms with Crippen molar-refractivity contribution < 1.29 is 23.8 Å². The van der Waals surface area contributed by atoms with E-state index in [2.05, 4.69) is 6.58 Å². The normalized spacial score (nSPS) is 10.2. The molecule has 0 N–H and O–H groups in total. The average Bonchev–Trinajstić information content (AvgIpc) is 2.57. The Morgan fingerprint density at radius 3 is 2.35 bits per heavy atom. The third kappa shape index (κ3) is 4.32. The maximum absolute atomic E-state index is 12.0. The highest BCUT2D eigenvalue weighted by Gasteiger charge is 2.09. The van der Waals surface area contributed by atoms with Crippen LogP contribution < -0.4 is 4.74 Å². The van der Waals surface area contributed by atoms with Crippen LogP contribution in [0.2, 0.25) is 0 Å². The molecule has 0 unspecified atom stereocenters. The zero-order chi connectivity index (χ0) is 16.8. The summed E-state index contributed by atoms with van der Waals surface area (Å²) in [6.07, 6.45) is 0. The van der Waals surface area contributed by atoms with Crippen molar-refractivity contribution in [2.45, 2.75) is 6.92 Å². The molecule has 23 heavy (non-hydrogen) atoms. The maximum Gasteiger partial charge on any atom is 0.338 e. The van der Waals surface area contributed by atoms with Gasteiger partial charge >= 0.3 is 11.9 Å². The first-order valence-corrected chi connectivity index (χ1v) is 7.09. The van der Waals surface area contributed by atoms with Gasteiger partial charge in [-0.3, -0.25) is 0 Å². The summed E-state index contributed by atoms with van der Waals surface area (Å²) in [6, 6.07) is 10.9. The van der Waals surface area contributed by atoms with Gasteiger partial charge in [-0.25, -0.2) is 9.59 Å². The first-order valence-electron chi connectivity index (χ1n) is 7.09. The van der Waals surface area contributed by atoms with Gasteiger partial charge < -0.3 is 14.2 Å². The Kier molecular flexibility index (Phi) is 5.36. The van der Waals surface area contributed by atoms with Crippen molar-refractivity contribution >= 4 is 22.7 Å². The summed E-state index contributed by atoms with van der Waals surface area (Å²) < 4.78 is 15.1. The second-order valence-electron chi connectivity index (χ2n) is 4.98. The van der Waals surface area contributed by atoms with E-state index >= 15 is 0 Å². The molecule has 0 fully saturated rings. The number of hydrogen-bond donors (Lipinski definition) is 0. The quantitative estimate of drug-likeness (QED) is 0.466. The van der Waals surface area contributed by atoms with Crippen molar-refractivity contribution in [1.82, 2.24) is 0 Å². The van der Waals surface area contributed by atoms with Crippen molar-refractivity contribution in [3.8, 4) is 5.75 Å². The van der Waals surface area contributed by atoms with Crippen LogP contribution in [0.15, 0.2) is 48.6 Å². The summed E-state index contributed by atoms with van der Waals surface area (Å²) >= 11 is 0. The Morgan fingerprint density at radius 1 is 1.00 bits per heavy atom. The zero-order valence-electron chi connectivity index (χ0n) is 13.1. The average molecular weight is 314 g/mol. The molecule has 0 saturated carbocycles. The molecule has 0 atom stereocenters. The summed E-state index contributed by atoms with van der Waals surface area (Å²) in [6.45, 7) is 5.02. The smallest absolute Gasteiger partial charge is 0.338 e. The maximum atomic E-state index is 12.0. The lowest BCUT2D eigenvalue weighted by Crippen LogP contribution is -2.14. The molecule has 0 heterocycles. The fraction of sp³-hybridized carbons (Fsp3) is 0.222. The van der Waals surface area contributed by atoms with Crippen LogP contribution in [-0.4, -0.2) is 32.3 Å². The van der Waals surface area contributed by atoms with Crippen LogP contribution in [0.5, 0.6) is 5.75 Å². The lowest BCUT2D eigenvalue weighted by molar-refractivity contribution is -0.140. The molecule has 5 heteroatoms. The van der Waals surface area contributed by atoms with Crippen molar-refractivity contribution in [2.24, 2.45) is 0 Å². The molecule has 0 aliphatic heterocycles. The Balaban J connectivity index is 1.95. The van der Waals surface area contributed by atoms with Crippen LogP contribution in [0, 0.1) is 0 Å². The third-order valence-corrected chi connectivity index (χ3v) is 3.18. The molecule has 0 amide bonds. The predicted molar refractivity (Wildman–Crippen MR) is 86.6 cm³/mol. The van der Waals surface area contributed by atoms with Crippen LogP contribution in [-0.2, 0) is 14.3 Å². The highest BCUT2D eigenvalue weighted by molar-refractivity contribution is 5.95. The molecule has 0 aliphatic rings. The summed E-state index contributed by atoms with van der Waals surface area (Å²) in [7, 11) is 1.60. The second-order valence-corrected chi connectivity index (χ2v) is 4.98. The van der Waals surface area contributed by atoms with Crippen LogP contribution in [0.1, 0.15) is 17.3 Å². The van der Waals surface area contributed by atoms with Gasteiger partial charge in [0.2, 0.25) is 0 Å². The Morgan fingerprint density at radius 2 is 1.65 bits per heavy atom. The number of fused-ring (bicyclic) bond motifs is 1.